The highest BCUT2D eigenvalue weighted by Gasteiger charge is 2.41. The Balaban J connectivity index is 1.95. The Kier molecular flexibility index (Phi) is 2.46. The lowest BCUT2D eigenvalue weighted by Crippen LogP contribution is -2.22. The fourth-order valence-electron chi connectivity index (χ4n) is 3.01. The van der Waals surface area contributed by atoms with Gasteiger partial charge in [0.2, 0.25) is 0 Å². The number of hydrogen-bond acceptors (Lipinski definition) is 3. The number of fused-ring (bicyclic) bond motifs is 1. The van der Waals surface area contributed by atoms with Gasteiger partial charge >= 0.3 is 11.9 Å². The molecule has 0 bridgehead atoms. The van der Waals surface area contributed by atoms with E-state index < -0.39 is 0 Å². The maximum Gasteiger partial charge on any atom is 0.317 e. The molecule has 1 heterocycles. The van der Waals surface area contributed by atoms with Gasteiger partial charge in [0, 0.05) is 0 Å². The van der Waals surface area contributed by atoms with E-state index in [9.17, 15) is 9.59 Å². The fraction of sp³-hybridized carbons (Fsp3) is 0.429. The first-order valence-electron chi connectivity index (χ1n) is 6.08. The van der Waals surface area contributed by atoms with E-state index in [0.29, 0.717) is 0 Å². The first kappa shape index (κ1) is 10.5. The molecule has 0 N–H and O–H groups in total. The second kappa shape index (κ2) is 3.99. The third-order valence-electron chi connectivity index (χ3n) is 3.81. The molecule has 1 saturated heterocycles. The van der Waals surface area contributed by atoms with Gasteiger partial charge in [-0.05, 0) is 36.3 Å². The SMILES string of the molecule is O=C1CC(C2CCCc3ccccc32)C(=O)O1. The molecule has 3 rings (SSSR count). The molecule has 0 spiro atoms. The van der Waals surface area contributed by atoms with Crippen LogP contribution in [0.1, 0.15) is 36.3 Å². The number of rotatable bonds is 1. The van der Waals surface area contributed by atoms with Gasteiger partial charge in [-0.25, -0.2) is 0 Å². The number of carbonyl (C=O) groups is 2. The van der Waals surface area contributed by atoms with Gasteiger partial charge in [0.25, 0.3) is 0 Å². The molecule has 1 aliphatic heterocycles. The number of carbonyl (C=O) groups excluding carboxylic acids is 2. The predicted molar refractivity (Wildman–Crippen MR) is 61.3 cm³/mol. The first-order valence-corrected chi connectivity index (χ1v) is 6.08. The highest BCUT2D eigenvalue weighted by atomic mass is 16.6. The third-order valence-corrected chi connectivity index (χ3v) is 3.81. The van der Waals surface area contributed by atoms with Crippen molar-refractivity contribution < 1.29 is 14.3 Å². The van der Waals surface area contributed by atoms with Crippen LogP contribution in [0, 0.1) is 5.92 Å². The van der Waals surface area contributed by atoms with Gasteiger partial charge in [-0.1, -0.05) is 24.3 Å². The van der Waals surface area contributed by atoms with Crippen LogP contribution in [-0.4, -0.2) is 11.9 Å². The summed E-state index contributed by atoms with van der Waals surface area (Å²) in [6, 6.07) is 8.22. The smallest absolute Gasteiger partial charge is 0.317 e. The summed E-state index contributed by atoms with van der Waals surface area (Å²) in [5.41, 5.74) is 2.55. The van der Waals surface area contributed by atoms with Crippen molar-refractivity contribution in [2.45, 2.75) is 31.6 Å². The zero-order valence-electron chi connectivity index (χ0n) is 9.52. The molecule has 0 amide bonds. The predicted octanol–water partition coefficient (Wildman–Crippen LogP) is 2.20. The van der Waals surface area contributed by atoms with Gasteiger partial charge in [-0.3, -0.25) is 9.59 Å². The van der Waals surface area contributed by atoms with Gasteiger partial charge in [0.15, 0.2) is 0 Å². The van der Waals surface area contributed by atoms with Crippen LogP contribution in [0.3, 0.4) is 0 Å². The molecule has 3 heteroatoms. The van der Waals surface area contributed by atoms with Crippen molar-refractivity contribution in [1.29, 1.82) is 0 Å². The third kappa shape index (κ3) is 1.75. The van der Waals surface area contributed by atoms with Crippen molar-refractivity contribution in [1.82, 2.24) is 0 Å². The van der Waals surface area contributed by atoms with Crippen LogP contribution in [0.2, 0.25) is 0 Å². The summed E-state index contributed by atoms with van der Waals surface area (Å²) < 4.78 is 4.66. The lowest BCUT2D eigenvalue weighted by atomic mass is 9.75. The number of cyclic esters (lactones) is 2. The first-order chi connectivity index (χ1) is 8.25. The van der Waals surface area contributed by atoms with E-state index in [1.54, 1.807) is 0 Å². The normalized spacial score (nSPS) is 27.8. The van der Waals surface area contributed by atoms with Crippen LogP contribution in [0.15, 0.2) is 24.3 Å². The molecule has 1 aliphatic carbocycles. The van der Waals surface area contributed by atoms with Crippen LogP contribution >= 0.6 is 0 Å². The lowest BCUT2D eigenvalue weighted by molar-refractivity contribution is -0.153. The minimum Gasteiger partial charge on any atom is -0.393 e. The Bertz CT molecular complexity index is 478. The van der Waals surface area contributed by atoms with Crippen LogP contribution < -0.4 is 0 Å². The van der Waals surface area contributed by atoms with Gasteiger partial charge in [0.1, 0.15) is 0 Å². The highest BCUT2D eigenvalue weighted by Crippen LogP contribution is 2.40. The van der Waals surface area contributed by atoms with Crippen LogP contribution in [0.5, 0.6) is 0 Å². The quantitative estimate of drug-likeness (QED) is 0.548. The maximum absolute atomic E-state index is 11.7. The summed E-state index contributed by atoms with van der Waals surface area (Å²) in [5.74, 6) is -0.803. The molecule has 1 aromatic carbocycles. The monoisotopic (exact) mass is 230 g/mol. The Morgan fingerprint density at radius 3 is 2.71 bits per heavy atom. The van der Waals surface area contributed by atoms with Crippen LogP contribution in [0.4, 0.5) is 0 Å². The molecule has 0 aromatic heterocycles. The maximum atomic E-state index is 11.7. The minimum absolute atomic E-state index is 0.166. The van der Waals surface area contributed by atoms with E-state index in [2.05, 4.69) is 16.9 Å². The summed E-state index contributed by atoms with van der Waals surface area (Å²) in [6.45, 7) is 0. The molecular weight excluding hydrogens is 216 g/mol. The molecule has 0 radical (unpaired) electrons. The molecule has 0 saturated carbocycles. The summed E-state index contributed by atoms with van der Waals surface area (Å²) in [4.78, 5) is 22.8. The van der Waals surface area contributed by atoms with Gasteiger partial charge in [-0.2, -0.15) is 0 Å². The summed E-state index contributed by atoms with van der Waals surface area (Å²) in [6.07, 6.45) is 3.38. The average molecular weight is 230 g/mol. The summed E-state index contributed by atoms with van der Waals surface area (Å²) in [7, 11) is 0. The second-order valence-corrected chi connectivity index (χ2v) is 4.80. The number of aryl methyl sites for hydroxylation is 1. The topological polar surface area (TPSA) is 43.4 Å². The van der Waals surface area contributed by atoms with Gasteiger partial charge in [-0.15, -0.1) is 0 Å². The number of esters is 2. The molecule has 1 aromatic rings. The van der Waals surface area contributed by atoms with Crippen molar-refractivity contribution in [3.05, 3.63) is 35.4 Å². The van der Waals surface area contributed by atoms with Crippen LogP contribution in [-0.2, 0) is 20.7 Å². The number of hydrogen-bond donors (Lipinski definition) is 0. The van der Waals surface area contributed by atoms with Gasteiger partial charge < -0.3 is 4.74 Å². The second-order valence-electron chi connectivity index (χ2n) is 4.80. The standard InChI is InChI=1S/C14H14O3/c15-13-8-12(14(16)17-13)11-7-3-5-9-4-1-2-6-10(9)11/h1-2,4,6,11-12H,3,5,7-8H2. The molecule has 88 valence electrons. The zero-order valence-corrected chi connectivity index (χ0v) is 9.52. The highest BCUT2D eigenvalue weighted by molar-refractivity contribution is 5.95. The van der Waals surface area contributed by atoms with E-state index in [1.807, 2.05) is 12.1 Å². The van der Waals surface area contributed by atoms with Crippen molar-refractivity contribution in [3.8, 4) is 0 Å². The molecule has 2 aliphatic rings. The molecule has 2 atom stereocenters. The lowest BCUT2D eigenvalue weighted by Gasteiger charge is -2.27. The Morgan fingerprint density at radius 2 is 1.94 bits per heavy atom. The van der Waals surface area contributed by atoms with Crippen LogP contribution in [0.25, 0.3) is 0 Å². The largest absolute Gasteiger partial charge is 0.393 e. The average Bonchev–Trinajstić information content (AvgIpc) is 2.68. The molecule has 1 fully saturated rings. The van der Waals surface area contributed by atoms with E-state index in [0.717, 1.165) is 19.3 Å². The van der Waals surface area contributed by atoms with Crippen molar-refractivity contribution in [2.24, 2.45) is 5.92 Å². The van der Waals surface area contributed by atoms with E-state index in [-0.39, 0.29) is 30.2 Å². The molecule has 3 nitrogen and oxygen atoms in total. The Morgan fingerprint density at radius 1 is 1.12 bits per heavy atom. The van der Waals surface area contributed by atoms with Crippen molar-refractivity contribution in [2.75, 3.05) is 0 Å². The molecular formula is C14H14O3. The van der Waals surface area contributed by atoms with E-state index in [1.165, 1.54) is 11.1 Å². The van der Waals surface area contributed by atoms with E-state index in [4.69, 9.17) is 0 Å². The van der Waals surface area contributed by atoms with Crippen molar-refractivity contribution >= 4 is 11.9 Å². The zero-order chi connectivity index (χ0) is 11.8. The Labute approximate surface area is 99.8 Å². The molecule has 17 heavy (non-hydrogen) atoms. The minimum atomic E-state index is -0.372. The van der Waals surface area contributed by atoms with Crippen molar-refractivity contribution in [3.63, 3.8) is 0 Å². The van der Waals surface area contributed by atoms with Gasteiger partial charge in [0.05, 0.1) is 12.3 Å². The number of benzene rings is 1. The molecule has 2 unspecified atom stereocenters. The summed E-state index contributed by atoms with van der Waals surface area (Å²) in [5, 5.41) is 0. The fourth-order valence-corrected chi connectivity index (χ4v) is 3.01. The van der Waals surface area contributed by atoms with E-state index >= 15 is 0 Å². The summed E-state index contributed by atoms with van der Waals surface area (Å²) >= 11 is 0. The Hall–Kier alpha value is -1.64. The number of ether oxygens (including phenoxy) is 1.